The molecule has 19 heavy (non-hydrogen) atoms. The van der Waals surface area contributed by atoms with Crippen LogP contribution in [0.1, 0.15) is 5.56 Å². The summed E-state index contributed by atoms with van der Waals surface area (Å²) < 4.78 is 47.8. The molecule has 0 radical (unpaired) electrons. The van der Waals surface area contributed by atoms with Crippen LogP contribution in [0.3, 0.4) is 0 Å². The van der Waals surface area contributed by atoms with Crippen molar-refractivity contribution >= 4 is 5.82 Å². The van der Waals surface area contributed by atoms with E-state index in [-0.39, 0.29) is 22.9 Å². The lowest BCUT2D eigenvalue weighted by molar-refractivity contribution is -0.138. The molecule has 1 aromatic heterocycles. The van der Waals surface area contributed by atoms with E-state index >= 15 is 0 Å². The van der Waals surface area contributed by atoms with Gasteiger partial charge < -0.3 is 20.1 Å². The van der Waals surface area contributed by atoms with Gasteiger partial charge in [-0.2, -0.15) is 13.2 Å². The number of halogens is 3. The summed E-state index contributed by atoms with van der Waals surface area (Å²) in [5.74, 6) is -1.22. The summed E-state index contributed by atoms with van der Waals surface area (Å²) in [5.41, 5.74) is 4.15. The van der Waals surface area contributed by atoms with E-state index in [1.165, 1.54) is 12.1 Å². The molecular weight excluding hydrogens is 265 g/mol. The minimum atomic E-state index is -4.72. The summed E-state index contributed by atoms with van der Waals surface area (Å²) >= 11 is 0. The van der Waals surface area contributed by atoms with Crippen LogP contribution in [0.5, 0.6) is 11.5 Å². The smallest absolute Gasteiger partial charge is 0.420 e. The number of rotatable bonds is 2. The predicted molar refractivity (Wildman–Crippen MR) is 59.6 cm³/mol. The molecule has 0 amide bonds. The van der Waals surface area contributed by atoms with Gasteiger partial charge in [-0.1, -0.05) is 5.16 Å². The summed E-state index contributed by atoms with van der Waals surface area (Å²) in [4.78, 5) is 0. The first-order valence-corrected chi connectivity index (χ1v) is 5.03. The zero-order chi connectivity index (χ0) is 14.2. The standard InChI is InChI=1S/C11H9F3N2O3/c1-18-8-3-5(7-4-9(15)16-19-7)2-6(10(8)17)11(12,13)14/h2-4,17H,1H3,(H2,15,16). The molecule has 0 aliphatic heterocycles. The summed E-state index contributed by atoms with van der Waals surface area (Å²) in [6, 6.07) is 3.20. The highest BCUT2D eigenvalue weighted by Crippen LogP contribution is 2.43. The monoisotopic (exact) mass is 274 g/mol. The van der Waals surface area contributed by atoms with Gasteiger partial charge in [0.1, 0.15) is 5.56 Å². The Labute approximate surface area is 105 Å². The molecule has 0 saturated heterocycles. The lowest BCUT2D eigenvalue weighted by atomic mass is 10.1. The molecule has 8 heteroatoms. The van der Waals surface area contributed by atoms with E-state index < -0.39 is 17.5 Å². The number of aromatic nitrogens is 1. The second-order valence-corrected chi connectivity index (χ2v) is 3.69. The molecule has 0 saturated carbocycles. The van der Waals surface area contributed by atoms with Crippen LogP contribution in [-0.2, 0) is 6.18 Å². The van der Waals surface area contributed by atoms with Gasteiger partial charge in [0.15, 0.2) is 23.1 Å². The van der Waals surface area contributed by atoms with E-state index in [9.17, 15) is 18.3 Å². The number of nitrogen functional groups attached to an aromatic ring is 1. The van der Waals surface area contributed by atoms with Crippen molar-refractivity contribution in [3.05, 3.63) is 23.8 Å². The number of benzene rings is 1. The van der Waals surface area contributed by atoms with Crippen molar-refractivity contribution in [3.63, 3.8) is 0 Å². The molecule has 0 atom stereocenters. The van der Waals surface area contributed by atoms with E-state index in [0.29, 0.717) is 0 Å². The van der Waals surface area contributed by atoms with Gasteiger partial charge in [-0.25, -0.2) is 0 Å². The van der Waals surface area contributed by atoms with Crippen LogP contribution in [0, 0.1) is 0 Å². The Bertz CT molecular complexity index is 608. The van der Waals surface area contributed by atoms with Crippen molar-refractivity contribution in [1.29, 1.82) is 0 Å². The highest BCUT2D eigenvalue weighted by Gasteiger charge is 2.36. The molecule has 0 fully saturated rings. The molecule has 5 nitrogen and oxygen atoms in total. The third-order valence-corrected chi connectivity index (χ3v) is 2.41. The Morgan fingerprint density at radius 1 is 1.32 bits per heavy atom. The third-order valence-electron chi connectivity index (χ3n) is 2.41. The fourth-order valence-electron chi connectivity index (χ4n) is 1.55. The van der Waals surface area contributed by atoms with Crippen molar-refractivity contribution < 1.29 is 27.5 Å². The molecule has 0 aliphatic carbocycles. The predicted octanol–water partition coefficient (Wildman–Crippen LogP) is 2.66. The maximum atomic E-state index is 12.8. The zero-order valence-electron chi connectivity index (χ0n) is 9.65. The number of hydrogen-bond donors (Lipinski definition) is 2. The summed E-state index contributed by atoms with van der Waals surface area (Å²) in [6.07, 6.45) is -4.72. The van der Waals surface area contributed by atoms with Gasteiger partial charge in [0.2, 0.25) is 0 Å². The fraction of sp³-hybridized carbons (Fsp3) is 0.182. The Balaban J connectivity index is 2.64. The lowest BCUT2D eigenvalue weighted by Crippen LogP contribution is -2.06. The third kappa shape index (κ3) is 2.42. The normalized spacial score (nSPS) is 11.6. The highest BCUT2D eigenvalue weighted by atomic mass is 19.4. The van der Waals surface area contributed by atoms with E-state index in [1.807, 2.05) is 0 Å². The SMILES string of the molecule is COc1cc(-c2cc(N)no2)cc(C(F)(F)F)c1O. The Kier molecular flexibility index (Phi) is 3.01. The van der Waals surface area contributed by atoms with E-state index in [0.717, 1.165) is 13.2 Å². The number of ether oxygens (including phenoxy) is 1. The molecule has 0 aliphatic rings. The summed E-state index contributed by atoms with van der Waals surface area (Å²) in [7, 11) is 1.15. The van der Waals surface area contributed by atoms with Crippen LogP contribution in [0.4, 0.5) is 19.0 Å². The molecule has 1 heterocycles. The number of aromatic hydroxyl groups is 1. The molecule has 3 N–H and O–H groups in total. The van der Waals surface area contributed by atoms with Gasteiger partial charge in [0.05, 0.1) is 7.11 Å². The van der Waals surface area contributed by atoms with E-state index in [2.05, 4.69) is 5.16 Å². The molecule has 0 unspecified atom stereocenters. The maximum absolute atomic E-state index is 12.8. The van der Waals surface area contributed by atoms with Crippen molar-refractivity contribution in [3.8, 4) is 22.8 Å². The minimum absolute atomic E-state index is 0.0376. The molecule has 2 rings (SSSR count). The summed E-state index contributed by atoms with van der Waals surface area (Å²) in [6.45, 7) is 0. The van der Waals surface area contributed by atoms with Crippen molar-refractivity contribution in [1.82, 2.24) is 5.16 Å². The maximum Gasteiger partial charge on any atom is 0.420 e. The first-order valence-electron chi connectivity index (χ1n) is 5.03. The van der Waals surface area contributed by atoms with Gasteiger partial charge in [0, 0.05) is 11.6 Å². The van der Waals surface area contributed by atoms with E-state index in [4.69, 9.17) is 15.0 Å². The first kappa shape index (κ1) is 13.1. The highest BCUT2D eigenvalue weighted by molar-refractivity contribution is 5.67. The van der Waals surface area contributed by atoms with Crippen LogP contribution in [0.25, 0.3) is 11.3 Å². The molecule has 102 valence electrons. The quantitative estimate of drug-likeness (QED) is 0.879. The van der Waals surface area contributed by atoms with Gasteiger partial charge in [0.25, 0.3) is 0 Å². The number of anilines is 1. The fourth-order valence-corrected chi connectivity index (χ4v) is 1.55. The van der Waals surface area contributed by atoms with Crippen LogP contribution in [-0.4, -0.2) is 17.4 Å². The van der Waals surface area contributed by atoms with Gasteiger partial charge in [-0.3, -0.25) is 0 Å². The van der Waals surface area contributed by atoms with Crippen molar-refractivity contribution in [2.45, 2.75) is 6.18 Å². The summed E-state index contributed by atoms with van der Waals surface area (Å²) in [5, 5.41) is 12.9. The average molecular weight is 274 g/mol. The average Bonchev–Trinajstić information content (AvgIpc) is 2.74. The first-order chi connectivity index (χ1) is 8.82. The molecule has 1 aromatic carbocycles. The van der Waals surface area contributed by atoms with Crippen LogP contribution >= 0.6 is 0 Å². The van der Waals surface area contributed by atoms with Crippen LogP contribution < -0.4 is 10.5 Å². The van der Waals surface area contributed by atoms with Crippen LogP contribution in [0.2, 0.25) is 0 Å². The largest absolute Gasteiger partial charge is 0.504 e. The second kappa shape index (κ2) is 4.38. The minimum Gasteiger partial charge on any atom is -0.504 e. The van der Waals surface area contributed by atoms with Gasteiger partial charge in [-0.05, 0) is 12.1 Å². The second-order valence-electron chi connectivity index (χ2n) is 3.69. The Morgan fingerprint density at radius 3 is 2.47 bits per heavy atom. The topological polar surface area (TPSA) is 81.5 Å². The van der Waals surface area contributed by atoms with Crippen LogP contribution in [0.15, 0.2) is 22.7 Å². The number of methoxy groups -OCH3 is 1. The number of phenols is 1. The number of nitrogens with zero attached hydrogens (tertiary/aromatic N) is 1. The lowest BCUT2D eigenvalue weighted by Gasteiger charge is -2.13. The number of nitrogens with two attached hydrogens (primary N) is 1. The van der Waals surface area contributed by atoms with Crippen molar-refractivity contribution in [2.24, 2.45) is 0 Å². The van der Waals surface area contributed by atoms with Gasteiger partial charge in [-0.15, -0.1) is 0 Å². The number of hydrogen-bond acceptors (Lipinski definition) is 5. The van der Waals surface area contributed by atoms with Gasteiger partial charge >= 0.3 is 6.18 Å². The molecule has 0 bridgehead atoms. The molecular formula is C11H9F3N2O3. The number of phenolic OH excluding ortho intramolecular Hbond substituents is 1. The van der Waals surface area contributed by atoms with Crippen molar-refractivity contribution in [2.75, 3.05) is 12.8 Å². The Morgan fingerprint density at radius 2 is 2.00 bits per heavy atom. The number of alkyl halides is 3. The Hall–Kier alpha value is -2.38. The van der Waals surface area contributed by atoms with E-state index in [1.54, 1.807) is 0 Å². The zero-order valence-corrected chi connectivity index (χ0v) is 9.65. The molecule has 2 aromatic rings. The molecule has 0 spiro atoms.